The van der Waals surface area contributed by atoms with Gasteiger partial charge in [0.15, 0.2) is 0 Å². The second kappa shape index (κ2) is 7.24. The number of amides is 1. The maximum atomic E-state index is 11.9. The van der Waals surface area contributed by atoms with Crippen LogP contribution in [0.25, 0.3) is 0 Å². The Morgan fingerprint density at radius 2 is 1.81 bits per heavy atom. The van der Waals surface area contributed by atoms with Gasteiger partial charge in [-0.2, -0.15) is 5.10 Å². The molecule has 4 heteroatoms. The Morgan fingerprint density at radius 1 is 1.14 bits per heavy atom. The first-order chi connectivity index (χ1) is 10.2. The Labute approximate surface area is 124 Å². The average molecular weight is 282 g/mol. The maximum Gasteiger partial charge on any atom is 0.271 e. The largest absolute Gasteiger partial charge is 0.497 e. The zero-order chi connectivity index (χ0) is 15.1. The zero-order valence-corrected chi connectivity index (χ0v) is 12.2. The van der Waals surface area contributed by atoms with Crippen LogP contribution in [-0.4, -0.2) is 19.2 Å². The van der Waals surface area contributed by atoms with Crippen LogP contribution in [0.3, 0.4) is 0 Å². The highest BCUT2D eigenvalue weighted by Crippen LogP contribution is 2.11. The summed E-state index contributed by atoms with van der Waals surface area (Å²) in [6.45, 7) is 2.11. The molecule has 2 aromatic carbocycles. The molecule has 0 fully saturated rings. The molecule has 0 saturated carbocycles. The quantitative estimate of drug-likeness (QED) is 0.677. The number of methoxy groups -OCH3 is 1. The van der Waals surface area contributed by atoms with E-state index in [0.29, 0.717) is 11.3 Å². The summed E-state index contributed by atoms with van der Waals surface area (Å²) in [5.74, 6) is 0.463. The van der Waals surface area contributed by atoms with Gasteiger partial charge in [0.2, 0.25) is 0 Å². The SMILES string of the molecule is CCc1ccc(/C=N\NC(=O)c2ccc(OC)cc2)cc1. The standard InChI is InChI=1S/C17H18N2O2/c1-3-13-4-6-14(7-5-13)12-18-19-17(20)15-8-10-16(21-2)11-9-15/h4-12H,3H2,1-2H3,(H,19,20)/b18-12-. The lowest BCUT2D eigenvalue weighted by atomic mass is 10.1. The van der Waals surface area contributed by atoms with Crippen LogP contribution in [0.15, 0.2) is 53.6 Å². The van der Waals surface area contributed by atoms with E-state index in [1.807, 2.05) is 24.3 Å². The lowest BCUT2D eigenvalue weighted by molar-refractivity contribution is 0.0955. The van der Waals surface area contributed by atoms with Crippen molar-refractivity contribution >= 4 is 12.1 Å². The van der Waals surface area contributed by atoms with Crippen molar-refractivity contribution in [1.29, 1.82) is 0 Å². The van der Waals surface area contributed by atoms with Crippen LogP contribution >= 0.6 is 0 Å². The summed E-state index contributed by atoms with van der Waals surface area (Å²) in [4.78, 5) is 11.9. The van der Waals surface area contributed by atoms with Crippen molar-refractivity contribution in [3.8, 4) is 5.75 Å². The highest BCUT2D eigenvalue weighted by atomic mass is 16.5. The molecule has 4 nitrogen and oxygen atoms in total. The predicted octanol–water partition coefficient (Wildman–Crippen LogP) is 3.02. The topological polar surface area (TPSA) is 50.7 Å². The molecule has 2 aromatic rings. The normalized spacial score (nSPS) is 10.6. The Bertz CT molecular complexity index is 616. The first-order valence-corrected chi connectivity index (χ1v) is 6.79. The molecule has 0 bridgehead atoms. The highest BCUT2D eigenvalue weighted by Gasteiger charge is 2.03. The van der Waals surface area contributed by atoms with Gasteiger partial charge in [0.05, 0.1) is 13.3 Å². The summed E-state index contributed by atoms with van der Waals surface area (Å²) in [5.41, 5.74) is 5.26. The lowest BCUT2D eigenvalue weighted by Gasteiger charge is -2.02. The first kappa shape index (κ1) is 14.8. The summed E-state index contributed by atoms with van der Waals surface area (Å²) in [7, 11) is 1.59. The van der Waals surface area contributed by atoms with Gasteiger partial charge in [-0.25, -0.2) is 5.43 Å². The predicted molar refractivity (Wildman–Crippen MR) is 83.9 cm³/mol. The van der Waals surface area contributed by atoms with E-state index in [0.717, 1.165) is 12.0 Å². The number of aryl methyl sites for hydroxylation is 1. The molecule has 21 heavy (non-hydrogen) atoms. The van der Waals surface area contributed by atoms with Crippen LogP contribution in [0, 0.1) is 0 Å². The number of nitrogens with zero attached hydrogens (tertiary/aromatic N) is 1. The molecule has 0 heterocycles. The number of rotatable bonds is 5. The van der Waals surface area contributed by atoms with Gasteiger partial charge in [-0.15, -0.1) is 0 Å². The molecule has 0 aromatic heterocycles. The molecule has 0 radical (unpaired) electrons. The number of hydrogen-bond donors (Lipinski definition) is 1. The van der Waals surface area contributed by atoms with Crippen LogP contribution in [0.4, 0.5) is 0 Å². The summed E-state index contributed by atoms with van der Waals surface area (Å²) in [5, 5.41) is 3.96. The highest BCUT2D eigenvalue weighted by molar-refractivity contribution is 5.94. The van der Waals surface area contributed by atoms with Gasteiger partial charge in [-0.05, 0) is 41.8 Å². The zero-order valence-electron chi connectivity index (χ0n) is 12.2. The van der Waals surface area contributed by atoms with E-state index in [2.05, 4.69) is 17.5 Å². The van der Waals surface area contributed by atoms with Crippen molar-refractivity contribution < 1.29 is 9.53 Å². The second-order valence-corrected chi connectivity index (χ2v) is 4.52. The minimum absolute atomic E-state index is 0.251. The van der Waals surface area contributed by atoms with Gasteiger partial charge in [0, 0.05) is 5.56 Å². The number of carbonyl (C=O) groups is 1. The molecule has 0 atom stereocenters. The van der Waals surface area contributed by atoms with E-state index in [9.17, 15) is 4.79 Å². The van der Waals surface area contributed by atoms with Crippen molar-refractivity contribution in [2.24, 2.45) is 5.10 Å². The van der Waals surface area contributed by atoms with Crippen LogP contribution in [0.5, 0.6) is 5.75 Å². The number of benzene rings is 2. The van der Waals surface area contributed by atoms with Gasteiger partial charge in [0.25, 0.3) is 5.91 Å². The first-order valence-electron chi connectivity index (χ1n) is 6.79. The molecule has 1 N–H and O–H groups in total. The second-order valence-electron chi connectivity index (χ2n) is 4.52. The maximum absolute atomic E-state index is 11.9. The minimum atomic E-state index is -0.251. The fraction of sp³-hybridized carbons (Fsp3) is 0.176. The van der Waals surface area contributed by atoms with Crippen LogP contribution in [0.2, 0.25) is 0 Å². The van der Waals surface area contributed by atoms with Gasteiger partial charge in [-0.1, -0.05) is 31.2 Å². The number of hydrazone groups is 1. The van der Waals surface area contributed by atoms with E-state index in [-0.39, 0.29) is 5.91 Å². The van der Waals surface area contributed by atoms with E-state index in [4.69, 9.17) is 4.74 Å². The molecule has 0 aliphatic rings. The van der Waals surface area contributed by atoms with Crippen molar-refractivity contribution in [1.82, 2.24) is 5.43 Å². The Kier molecular flexibility index (Phi) is 5.10. The number of nitrogens with one attached hydrogen (secondary N) is 1. The molecule has 0 unspecified atom stereocenters. The van der Waals surface area contributed by atoms with Crippen molar-refractivity contribution in [2.75, 3.05) is 7.11 Å². The minimum Gasteiger partial charge on any atom is -0.497 e. The molecule has 0 saturated heterocycles. The van der Waals surface area contributed by atoms with E-state index < -0.39 is 0 Å². The average Bonchev–Trinajstić information content (AvgIpc) is 2.55. The molecule has 0 aliphatic heterocycles. The summed E-state index contributed by atoms with van der Waals surface area (Å²) >= 11 is 0. The lowest BCUT2D eigenvalue weighted by Crippen LogP contribution is -2.17. The monoisotopic (exact) mass is 282 g/mol. The van der Waals surface area contributed by atoms with Crippen LogP contribution < -0.4 is 10.2 Å². The van der Waals surface area contributed by atoms with Gasteiger partial charge in [-0.3, -0.25) is 4.79 Å². The molecular formula is C17H18N2O2. The van der Waals surface area contributed by atoms with Crippen LogP contribution in [-0.2, 0) is 6.42 Å². The fourth-order valence-corrected chi connectivity index (χ4v) is 1.81. The van der Waals surface area contributed by atoms with E-state index >= 15 is 0 Å². The Balaban J connectivity index is 1.94. The number of carbonyl (C=O) groups excluding carboxylic acids is 1. The van der Waals surface area contributed by atoms with Crippen molar-refractivity contribution in [2.45, 2.75) is 13.3 Å². The fourth-order valence-electron chi connectivity index (χ4n) is 1.81. The molecular weight excluding hydrogens is 264 g/mol. The smallest absolute Gasteiger partial charge is 0.271 e. The van der Waals surface area contributed by atoms with Gasteiger partial charge >= 0.3 is 0 Å². The third kappa shape index (κ3) is 4.18. The van der Waals surface area contributed by atoms with E-state index in [1.54, 1.807) is 37.6 Å². The molecule has 0 spiro atoms. The Morgan fingerprint density at radius 3 is 2.38 bits per heavy atom. The third-order valence-electron chi connectivity index (χ3n) is 3.12. The molecule has 0 aliphatic carbocycles. The summed E-state index contributed by atoms with van der Waals surface area (Å²) in [6.07, 6.45) is 2.63. The molecule has 1 amide bonds. The van der Waals surface area contributed by atoms with Crippen molar-refractivity contribution in [3.05, 3.63) is 65.2 Å². The number of ether oxygens (including phenoxy) is 1. The van der Waals surface area contributed by atoms with Crippen molar-refractivity contribution in [3.63, 3.8) is 0 Å². The molecule has 2 rings (SSSR count). The van der Waals surface area contributed by atoms with E-state index in [1.165, 1.54) is 5.56 Å². The summed E-state index contributed by atoms with van der Waals surface area (Å²) < 4.78 is 5.05. The van der Waals surface area contributed by atoms with Gasteiger partial charge in [0.1, 0.15) is 5.75 Å². The van der Waals surface area contributed by atoms with Crippen LogP contribution in [0.1, 0.15) is 28.4 Å². The van der Waals surface area contributed by atoms with Gasteiger partial charge < -0.3 is 4.74 Å². The third-order valence-corrected chi connectivity index (χ3v) is 3.12. The summed E-state index contributed by atoms with van der Waals surface area (Å²) in [6, 6.07) is 14.9. The molecule has 108 valence electrons. The number of hydrogen-bond acceptors (Lipinski definition) is 3. The Hall–Kier alpha value is -2.62.